The zero-order valence-corrected chi connectivity index (χ0v) is 26.7. The van der Waals surface area contributed by atoms with Gasteiger partial charge in [0.1, 0.15) is 0 Å². The maximum absolute atomic E-state index is 2.23. The van der Waals surface area contributed by atoms with Crippen molar-refractivity contribution in [1.82, 2.24) is 0 Å². The van der Waals surface area contributed by atoms with E-state index in [9.17, 15) is 0 Å². The molecule has 0 nitrogen and oxygen atoms in total. The summed E-state index contributed by atoms with van der Waals surface area (Å²) in [4.78, 5) is 0. The van der Waals surface area contributed by atoms with Gasteiger partial charge in [-0.05, 0) is 21.2 Å². The Hall–Kier alpha value is -2.24. The minimum atomic E-state index is -0.409. The molecule has 0 aliphatic rings. The third-order valence-electron chi connectivity index (χ3n) is 5.86. The largest absolute Gasteiger partial charge is 2.00 e. The van der Waals surface area contributed by atoms with E-state index >= 15 is 0 Å². The van der Waals surface area contributed by atoms with Gasteiger partial charge in [-0.2, -0.15) is 24.3 Å². The van der Waals surface area contributed by atoms with Gasteiger partial charge in [0.25, 0.3) is 0 Å². The van der Waals surface area contributed by atoms with Gasteiger partial charge in [-0.3, -0.25) is 0 Å². The number of rotatable bonds is 6. The van der Waals surface area contributed by atoms with Crippen LogP contribution in [-0.2, 0) is 17.1 Å². The van der Waals surface area contributed by atoms with E-state index in [0.29, 0.717) is 0 Å². The second-order valence-corrected chi connectivity index (χ2v) is 12.7. The number of benzene rings is 4. The van der Waals surface area contributed by atoms with E-state index in [1.165, 1.54) is 31.8 Å². The van der Waals surface area contributed by atoms with E-state index in [-0.39, 0.29) is 41.0 Å². The average Bonchev–Trinajstić information content (AvgIpc) is 3.68. The SMILES string of the molecule is [Fe+2].[Sn].c1ccc(P(c2ccccc2)[c-]2cccc2)cc1.c1ccc(P(c2ccccc2)[c-]2cccc2)cc1. The van der Waals surface area contributed by atoms with Gasteiger partial charge in [0.05, 0.1) is 0 Å². The van der Waals surface area contributed by atoms with Gasteiger partial charge >= 0.3 is 17.1 Å². The topological polar surface area (TPSA) is 0 Å². The van der Waals surface area contributed by atoms with Crippen molar-refractivity contribution in [2.45, 2.75) is 0 Å². The third-order valence-corrected chi connectivity index (χ3v) is 10.8. The molecule has 0 aliphatic carbocycles. The van der Waals surface area contributed by atoms with Crippen molar-refractivity contribution in [3.63, 3.8) is 0 Å². The molecule has 0 bridgehead atoms. The maximum atomic E-state index is 2.23. The number of hydrogen-bond donors (Lipinski definition) is 0. The van der Waals surface area contributed by atoms with Gasteiger partial charge in [0.15, 0.2) is 0 Å². The second kappa shape index (κ2) is 16.0. The quantitative estimate of drug-likeness (QED) is 0.117. The van der Waals surface area contributed by atoms with Crippen molar-refractivity contribution < 1.29 is 17.1 Å². The van der Waals surface area contributed by atoms with E-state index in [4.69, 9.17) is 0 Å². The third kappa shape index (κ3) is 7.89. The van der Waals surface area contributed by atoms with Crippen molar-refractivity contribution >= 4 is 71.6 Å². The van der Waals surface area contributed by atoms with Crippen LogP contribution in [-0.4, -0.2) is 23.9 Å². The summed E-state index contributed by atoms with van der Waals surface area (Å²) < 4.78 is 0. The van der Waals surface area contributed by atoms with Crippen molar-refractivity contribution in [2.75, 3.05) is 0 Å². The molecule has 0 saturated heterocycles. The Morgan fingerprint density at radius 1 is 0.316 bits per heavy atom. The minimum absolute atomic E-state index is 0. The van der Waals surface area contributed by atoms with Crippen molar-refractivity contribution in [3.05, 3.63) is 170 Å². The molecule has 0 N–H and O–H groups in total. The van der Waals surface area contributed by atoms with Gasteiger partial charge in [-0.15, -0.1) is 10.6 Å². The molecule has 0 unspecified atom stereocenters. The fraction of sp³-hybridized carbons (Fsp3) is 0. The summed E-state index contributed by atoms with van der Waals surface area (Å²) >= 11 is 0. The van der Waals surface area contributed by atoms with Crippen LogP contribution in [0, 0.1) is 0 Å². The average molecular weight is 673 g/mol. The van der Waals surface area contributed by atoms with Gasteiger partial charge < -0.3 is 0 Å². The summed E-state index contributed by atoms with van der Waals surface area (Å²) in [6.45, 7) is 0. The monoisotopic (exact) mass is 674 g/mol. The Kier molecular flexibility index (Phi) is 12.8. The first-order valence-corrected chi connectivity index (χ1v) is 14.8. The first-order chi connectivity index (χ1) is 17.9. The molecular formula is C34H28FeP2Sn. The van der Waals surface area contributed by atoms with E-state index in [0.717, 1.165) is 0 Å². The molecule has 4 radical (unpaired) electrons. The molecule has 186 valence electrons. The maximum Gasteiger partial charge on any atom is 2.00 e. The first-order valence-electron chi connectivity index (χ1n) is 12.1. The van der Waals surface area contributed by atoms with Gasteiger partial charge in [-0.25, -0.2) is 24.3 Å². The van der Waals surface area contributed by atoms with E-state index in [1.54, 1.807) is 0 Å². The second-order valence-electron chi connectivity index (χ2n) is 8.30. The Bertz CT molecular complexity index is 1210. The molecule has 0 saturated carbocycles. The van der Waals surface area contributed by atoms with Crippen LogP contribution in [0.2, 0.25) is 0 Å². The predicted octanol–water partition coefficient (Wildman–Crippen LogP) is 5.94. The van der Waals surface area contributed by atoms with Crippen LogP contribution >= 0.6 is 15.8 Å². The zero-order valence-electron chi connectivity index (χ0n) is 20.9. The molecule has 0 atom stereocenters. The van der Waals surface area contributed by atoms with Gasteiger partial charge in [-0.1, -0.05) is 137 Å². The fourth-order valence-electron chi connectivity index (χ4n) is 4.23. The Balaban J connectivity index is 0.000000200. The molecule has 0 heterocycles. The summed E-state index contributed by atoms with van der Waals surface area (Å²) in [6, 6.07) is 60.5. The van der Waals surface area contributed by atoms with Crippen molar-refractivity contribution in [1.29, 1.82) is 0 Å². The summed E-state index contributed by atoms with van der Waals surface area (Å²) in [5, 5.41) is 8.47. The van der Waals surface area contributed by atoms with Crippen LogP contribution in [0.4, 0.5) is 0 Å². The van der Waals surface area contributed by atoms with Gasteiger partial charge in [0, 0.05) is 23.9 Å². The molecule has 0 aromatic heterocycles. The van der Waals surface area contributed by atoms with Crippen LogP contribution in [0.15, 0.2) is 170 Å². The predicted molar refractivity (Wildman–Crippen MR) is 167 cm³/mol. The molecule has 0 aliphatic heterocycles. The van der Waals surface area contributed by atoms with E-state index < -0.39 is 15.8 Å². The summed E-state index contributed by atoms with van der Waals surface area (Å²) in [5.74, 6) is 0. The van der Waals surface area contributed by atoms with Crippen LogP contribution < -0.4 is 31.8 Å². The summed E-state index contributed by atoms with van der Waals surface area (Å²) in [5.41, 5.74) is 0. The molecule has 0 spiro atoms. The minimum Gasteiger partial charge on any atom is -0.213 e. The Morgan fingerprint density at radius 2 is 0.526 bits per heavy atom. The van der Waals surface area contributed by atoms with Crippen LogP contribution in [0.3, 0.4) is 0 Å². The van der Waals surface area contributed by atoms with E-state index in [2.05, 4.69) is 170 Å². The van der Waals surface area contributed by atoms with E-state index in [1.807, 2.05) is 0 Å². The molecule has 38 heavy (non-hydrogen) atoms. The Morgan fingerprint density at radius 3 is 0.737 bits per heavy atom. The summed E-state index contributed by atoms with van der Waals surface area (Å²) in [7, 11) is -0.818. The molecule has 6 aromatic rings. The van der Waals surface area contributed by atoms with Crippen LogP contribution in [0.25, 0.3) is 0 Å². The first kappa shape index (κ1) is 30.3. The van der Waals surface area contributed by atoms with Crippen LogP contribution in [0.1, 0.15) is 0 Å². The number of hydrogen-bond acceptors (Lipinski definition) is 0. The van der Waals surface area contributed by atoms with Gasteiger partial charge in [0.2, 0.25) is 0 Å². The molecule has 4 heteroatoms. The summed E-state index contributed by atoms with van der Waals surface area (Å²) in [6.07, 6.45) is 0. The standard InChI is InChI=1S/2C17H14P.Fe.Sn/c2*1-3-9-15(10-4-1)18(17-13-7-8-14-17)16-11-5-2-6-12-16;;/h2*1-14H;;/q2*-1;+2;. The molecule has 6 rings (SSSR count). The van der Waals surface area contributed by atoms with Crippen molar-refractivity contribution in [3.8, 4) is 0 Å². The van der Waals surface area contributed by atoms with Crippen LogP contribution in [0.5, 0.6) is 0 Å². The molecular weight excluding hydrogens is 645 g/mol. The van der Waals surface area contributed by atoms with Crippen molar-refractivity contribution in [2.24, 2.45) is 0 Å². The molecule has 0 amide bonds. The molecule has 6 aromatic carbocycles. The Labute approximate surface area is 256 Å². The normalized spacial score (nSPS) is 10.2. The fourth-order valence-corrected chi connectivity index (χ4v) is 8.84. The zero-order chi connectivity index (χ0) is 24.4. The smallest absolute Gasteiger partial charge is 0.213 e. The molecule has 0 fully saturated rings.